The summed E-state index contributed by atoms with van der Waals surface area (Å²) in [5, 5.41) is 5.99. The molecule has 0 aromatic rings. The summed E-state index contributed by atoms with van der Waals surface area (Å²) in [6.45, 7) is 8.11. The highest BCUT2D eigenvalue weighted by atomic mass is 16.2. The van der Waals surface area contributed by atoms with E-state index in [0.717, 1.165) is 65.2 Å². The largest absolute Gasteiger partial charge is 0.356 e. The fraction of sp³-hybridized carbons (Fsp3) is 0.889. The molecule has 0 bridgehead atoms. The Morgan fingerprint density at radius 1 is 0.625 bits per heavy atom. The van der Waals surface area contributed by atoms with Crippen molar-refractivity contribution in [3.05, 3.63) is 0 Å². The molecular weight excluding hydrogens is 304 g/mol. The van der Waals surface area contributed by atoms with E-state index in [-0.39, 0.29) is 11.8 Å². The van der Waals surface area contributed by atoms with Crippen molar-refractivity contribution in [3.63, 3.8) is 0 Å². The van der Waals surface area contributed by atoms with Gasteiger partial charge in [-0.25, -0.2) is 0 Å². The fourth-order valence-electron chi connectivity index (χ4n) is 2.70. The number of nitrogens with zero attached hydrogens (tertiary/aromatic N) is 2. The number of carbonyl (C=O) groups is 2. The maximum Gasteiger partial charge on any atom is 0.221 e. The van der Waals surface area contributed by atoms with Crippen molar-refractivity contribution in [1.82, 2.24) is 20.4 Å². The van der Waals surface area contributed by atoms with Crippen LogP contribution >= 0.6 is 0 Å². The van der Waals surface area contributed by atoms with E-state index in [1.807, 2.05) is 0 Å². The van der Waals surface area contributed by atoms with Crippen molar-refractivity contribution >= 4 is 11.8 Å². The van der Waals surface area contributed by atoms with Crippen molar-refractivity contribution in [2.75, 3.05) is 52.4 Å². The molecule has 2 aliphatic heterocycles. The molecule has 2 rings (SSSR count). The van der Waals surface area contributed by atoms with Crippen LogP contribution in [0.4, 0.5) is 0 Å². The number of unbranched alkanes of at least 4 members (excludes halogenated alkanes) is 5. The lowest BCUT2D eigenvalue weighted by Gasteiger charge is -2.06. The number of nitrogens with one attached hydrogen (secondary N) is 2. The molecule has 2 aliphatic rings. The zero-order valence-electron chi connectivity index (χ0n) is 15.0. The second kappa shape index (κ2) is 11.4. The Morgan fingerprint density at radius 2 is 1.00 bits per heavy atom. The Morgan fingerprint density at radius 3 is 1.38 bits per heavy atom. The van der Waals surface area contributed by atoms with Gasteiger partial charge in [0.2, 0.25) is 11.8 Å². The molecule has 138 valence electrons. The van der Waals surface area contributed by atoms with E-state index >= 15 is 0 Å². The summed E-state index contributed by atoms with van der Waals surface area (Å²) < 4.78 is 0. The molecule has 0 atom stereocenters. The van der Waals surface area contributed by atoms with Crippen molar-refractivity contribution < 1.29 is 9.59 Å². The molecule has 2 amide bonds. The third-order valence-corrected chi connectivity index (χ3v) is 4.64. The first kappa shape index (κ1) is 19.2. The highest BCUT2D eigenvalue weighted by Crippen LogP contribution is 2.06. The van der Waals surface area contributed by atoms with Gasteiger partial charge in [-0.2, -0.15) is 0 Å². The van der Waals surface area contributed by atoms with E-state index in [1.54, 1.807) is 0 Å². The first-order valence-corrected chi connectivity index (χ1v) is 9.72. The predicted molar refractivity (Wildman–Crippen MR) is 95.8 cm³/mol. The molecule has 0 aromatic heterocycles. The van der Waals surface area contributed by atoms with Crippen LogP contribution in [0.5, 0.6) is 0 Å². The van der Waals surface area contributed by atoms with Gasteiger partial charge < -0.3 is 20.4 Å². The fourth-order valence-corrected chi connectivity index (χ4v) is 2.70. The van der Waals surface area contributed by atoms with Crippen molar-refractivity contribution in [1.29, 1.82) is 0 Å². The van der Waals surface area contributed by atoms with Crippen LogP contribution in [0.25, 0.3) is 0 Å². The molecule has 0 spiro atoms. The minimum absolute atomic E-state index is 0.191. The summed E-state index contributed by atoms with van der Waals surface area (Å²) in [4.78, 5) is 27.6. The molecule has 2 fully saturated rings. The summed E-state index contributed by atoms with van der Waals surface area (Å²) in [6, 6.07) is 0. The number of amides is 2. The van der Waals surface area contributed by atoms with E-state index in [1.165, 1.54) is 25.7 Å². The minimum Gasteiger partial charge on any atom is -0.356 e. The van der Waals surface area contributed by atoms with Gasteiger partial charge in [-0.3, -0.25) is 9.59 Å². The number of carbonyl (C=O) groups excluding carboxylic acids is 2. The highest BCUT2D eigenvalue weighted by molar-refractivity contribution is 5.76. The molecule has 0 saturated carbocycles. The highest BCUT2D eigenvalue weighted by Gasteiger charge is 2.18. The van der Waals surface area contributed by atoms with E-state index < -0.39 is 0 Å². The van der Waals surface area contributed by atoms with E-state index in [4.69, 9.17) is 0 Å². The summed E-state index contributed by atoms with van der Waals surface area (Å²) in [7, 11) is 0. The normalized spacial score (nSPS) is 16.8. The van der Waals surface area contributed by atoms with Crippen LogP contribution in [-0.4, -0.2) is 74.0 Å². The summed E-state index contributed by atoms with van der Waals surface area (Å²) in [6.07, 6.45) is 8.21. The second-order valence-corrected chi connectivity index (χ2v) is 7.00. The van der Waals surface area contributed by atoms with Crippen LogP contribution in [0.15, 0.2) is 0 Å². The second-order valence-electron chi connectivity index (χ2n) is 7.00. The Labute approximate surface area is 146 Å². The van der Waals surface area contributed by atoms with Gasteiger partial charge >= 0.3 is 0 Å². The molecule has 2 heterocycles. The third kappa shape index (κ3) is 10.6. The van der Waals surface area contributed by atoms with Gasteiger partial charge in [0.25, 0.3) is 0 Å². The van der Waals surface area contributed by atoms with Gasteiger partial charge in [-0.05, 0) is 12.8 Å². The number of hydrogen-bond donors (Lipinski definition) is 2. The zero-order valence-corrected chi connectivity index (χ0v) is 15.0. The summed E-state index contributed by atoms with van der Waals surface area (Å²) in [5.74, 6) is 0.382. The van der Waals surface area contributed by atoms with E-state index in [9.17, 15) is 9.59 Å². The standard InChI is InChI=1S/C18H34N4O2/c23-17(7-11-21-13-14-21)19-9-5-3-1-2-4-6-10-20-18(24)8-12-22-15-16-22/h1-16H2,(H,19,23)(H,20,24). The smallest absolute Gasteiger partial charge is 0.221 e. The lowest BCUT2D eigenvalue weighted by molar-refractivity contribution is -0.122. The molecule has 6 heteroatoms. The van der Waals surface area contributed by atoms with Gasteiger partial charge in [0, 0.05) is 65.2 Å². The van der Waals surface area contributed by atoms with E-state index in [0.29, 0.717) is 12.8 Å². The van der Waals surface area contributed by atoms with E-state index in [2.05, 4.69) is 20.4 Å². The first-order valence-electron chi connectivity index (χ1n) is 9.72. The zero-order chi connectivity index (χ0) is 17.0. The number of rotatable bonds is 15. The molecular formula is C18H34N4O2. The molecule has 2 saturated heterocycles. The molecule has 0 aromatic carbocycles. The van der Waals surface area contributed by atoms with Gasteiger partial charge in [0.15, 0.2) is 0 Å². The van der Waals surface area contributed by atoms with Gasteiger partial charge in [-0.15, -0.1) is 0 Å². The van der Waals surface area contributed by atoms with Gasteiger partial charge in [-0.1, -0.05) is 25.7 Å². The molecule has 6 nitrogen and oxygen atoms in total. The van der Waals surface area contributed by atoms with Crippen molar-refractivity contribution in [3.8, 4) is 0 Å². The van der Waals surface area contributed by atoms with Crippen molar-refractivity contribution in [2.24, 2.45) is 0 Å². The van der Waals surface area contributed by atoms with Crippen LogP contribution in [0, 0.1) is 0 Å². The monoisotopic (exact) mass is 338 g/mol. The first-order chi connectivity index (χ1) is 11.7. The SMILES string of the molecule is O=C(CCN1CC1)NCCCCCCCCNC(=O)CCN1CC1. The summed E-state index contributed by atoms with van der Waals surface area (Å²) in [5.41, 5.74) is 0. The molecule has 0 unspecified atom stereocenters. The molecule has 2 N–H and O–H groups in total. The molecule has 0 aliphatic carbocycles. The minimum atomic E-state index is 0.191. The van der Waals surface area contributed by atoms with Crippen LogP contribution in [0.3, 0.4) is 0 Å². The lowest BCUT2D eigenvalue weighted by atomic mass is 10.1. The van der Waals surface area contributed by atoms with Crippen LogP contribution in [-0.2, 0) is 9.59 Å². The molecule has 0 radical (unpaired) electrons. The third-order valence-electron chi connectivity index (χ3n) is 4.64. The quantitative estimate of drug-likeness (QED) is 0.345. The average Bonchev–Trinajstić information content (AvgIpc) is 3.47. The van der Waals surface area contributed by atoms with Crippen LogP contribution < -0.4 is 10.6 Å². The Bertz CT molecular complexity index is 345. The maximum absolute atomic E-state index is 11.5. The van der Waals surface area contributed by atoms with Crippen LogP contribution in [0.1, 0.15) is 51.4 Å². The van der Waals surface area contributed by atoms with Crippen molar-refractivity contribution in [2.45, 2.75) is 51.4 Å². The topological polar surface area (TPSA) is 64.2 Å². The number of hydrogen-bond acceptors (Lipinski definition) is 4. The van der Waals surface area contributed by atoms with Crippen LogP contribution in [0.2, 0.25) is 0 Å². The lowest BCUT2D eigenvalue weighted by Crippen LogP contribution is -2.26. The summed E-state index contributed by atoms with van der Waals surface area (Å²) >= 11 is 0. The average molecular weight is 338 g/mol. The Balaban J connectivity index is 1.25. The maximum atomic E-state index is 11.5. The van der Waals surface area contributed by atoms with Gasteiger partial charge in [0.05, 0.1) is 0 Å². The molecule has 24 heavy (non-hydrogen) atoms. The van der Waals surface area contributed by atoms with Gasteiger partial charge in [0.1, 0.15) is 0 Å². The Kier molecular flexibility index (Phi) is 9.13. The Hall–Kier alpha value is -1.14. The predicted octanol–water partition coefficient (Wildman–Crippen LogP) is 0.971.